The van der Waals surface area contributed by atoms with Gasteiger partial charge in [0.15, 0.2) is 0 Å². The third-order valence-corrected chi connectivity index (χ3v) is 3.75. The van der Waals surface area contributed by atoms with Crippen molar-refractivity contribution in [3.8, 4) is 0 Å². The molecule has 1 heterocycles. The molecule has 0 aromatic carbocycles. The lowest BCUT2D eigenvalue weighted by Gasteiger charge is -2.25. The Kier molecular flexibility index (Phi) is 4.21. The molecule has 0 radical (unpaired) electrons. The Balaban J connectivity index is 2.25. The van der Waals surface area contributed by atoms with E-state index >= 15 is 0 Å². The maximum atomic E-state index is 4.66. The molecule has 0 aliphatic heterocycles. The Morgan fingerprint density at radius 3 is 2.65 bits per heavy atom. The van der Waals surface area contributed by atoms with Crippen LogP contribution in [-0.2, 0) is 6.54 Å². The van der Waals surface area contributed by atoms with Gasteiger partial charge in [-0.1, -0.05) is 33.1 Å². The van der Waals surface area contributed by atoms with Crippen LogP contribution in [0.4, 0.5) is 0 Å². The summed E-state index contributed by atoms with van der Waals surface area (Å²) in [4.78, 5) is 0. The Labute approximate surface area is 105 Å². The SMILES string of the molecule is CNCc1cnn(C2CCCCC2)c1C(C)C. The third-order valence-electron chi connectivity index (χ3n) is 3.75. The van der Waals surface area contributed by atoms with Gasteiger partial charge in [0.05, 0.1) is 12.2 Å². The van der Waals surface area contributed by atoms with Gasteiger partial charge in [0.1, 0.15) is 0 Å². The second-order valence-electron chi connectivity index (χ2n) is 5.48. The van der Waals surface area contributed by atoms with E-state index in [-0.39, 0.29) is 0 Å². The smallest absolute Gasteiger partial charge is 0.0537 e. The number of aromatic nitrogens is 2. The zero-order chi connectivity index (χ0) is 12.3. The first-order chi connectivity index (χ1) is 8.24. The molecule has 1 aromatic rings. The van der Waals surface area contributed by atoms with Crippen LogP contribution >= 0.6 is 0 Å². The van der Waals surface area contributed by atoms with Gasteiger partial charge in [-0.25, -0.2) is 0 Å². The average Bonchev–Trinajstić information content (AvgIpc) is 2.74. The number of nitrogens with one attached hydrogen (secondary N) is 1. The molecule has 0 bridgehead atoms. The zero-order valence-corrected chi connectivity index (χ0v) is 11.4. The summed E-state index contributed by atoms with van der Waals surface area (Å²) in [6.45, 7) is 5.48. The monoisotopic (exact) mass is 235 g/mol. The quantitative estimate of drug-likeness (QED) is 0.868. The van der Waals surface area contributed by atoms with Crippen molar-refractivity contribution in [3.63, 3.8) is 0 Å². The molecule has 96 valence electrons. The number of rotatable bonds is 4. The van der Waals surface area contributed by atoms with Crippen LogP contribution in [0.3, 0.4) is 0 Å². The van der Waals surface area contributed by atoms with E-state index in [0.29, 0.717) is 12.0 Å². The molecule has 2 rings (SSSR count). The Bertz CT molecular complexity index is 348. The van der Waals surface area contributed by atoms with Crippen molar-refractivity contribution in [2.75, 3.05) is 7.05 Å². The van der Waals surface area contributed by atoms with E-state index in [2.05, 4.69) is 35.1 Å². The van der Waals surface area contributed by atoms with E-state index in [1.807, 2.05) is 7.05 Å². The fourth-order valence-electron chi connectivity index (χ4n) is 2.99. The lowest BCUT2D eigenvalue weighted by molar-refractivity contribution is 0.319. The summed E-state index contributed by atoms with van der Waals surface area (Å²) >= 11 is 0. The molecule has 0 spiro atoms. The second-order valence-corrected chi connectivity index (χ2v) is 5.48. The molecule has 0 atom stereocenters. The molecule has 1 N–H and O–H groups in total. The van der Waals surface area contributed by atoms with Crippen LogP contribution in [0.1, 0.15) is 69.2 Å². The van der Waals surface area contributed by atoms with Gasteiger partial charge < -0.3 is 5.32 Å². The normalized spacial score (nSPS) is 17.9. The molecule has 1 fully saturated rings. The highest BCUT2D eigenvalue weighted by molar-refractivity contribution is 5.21. The largest absolute Gasteiger partial charge is 0.316 e. The van der Waals surface area contributed by atoms with Gasteiger partial charge in [0.2, 0.25) is 0 Å². The molecular formula is C14H25N3. The van der Waals surface area contributed by atoms with Crippen molar-refractivity contribution in [3.05, 3.63) is 17.5 Å². The van der Waals surface area contributed by atoms with E-state index in [4.69, 9.17) is 0 Å². The van der Waals surface area contributed by atoms with E-state index in [9.17, 15) is 0 Å². The van der Waals surface area contributed by atoms with Crippen molar-refractivity contribution in [2.45, 2.75) is 64.5 Å². The van der Waals surface area contributed by atoms with Gasteiger partial charge >= 0.3 is 0 Å². The van der Waals surface area contributed by atoms with Crippen LogP contribution in [0, 0.1) is 0 Å². The van der Waals surface area contributed by atoms with Crippen molar-refractivity contribution >= 4 is 0 Å². The molecule has 0 amide bonds. The first kappa shape index (κ1) is 12.6. The first-order valence-corrected chi connectivity index (χ1v) is 6.95. The predicted octanol–water partition coefficient (Wildman–Crippen LogP) is 3.23. The maximum absolute atomic E-state index is 4.66. The van der Waals surface area contributed by atoms with Crippen LogP contribution in [0.15, 0.2) is 6.20 Å². The van der Waals surface area contributed by atoms with Crippen LogP contribution in [0.5, 0.6) is 0 Å². The second kappa shape index (κ2) is 5.67. The van der Waals surface area contributed by atoms with Crippen molar-refractivity contribution in [2.24, 2.45) is 0 Å². The molecule has 1 aromatic heterocycles. The Morgan fingerprint density at radius 1 is 1.35 bits per heavy atom. The summed E-state index contributed by atoms with van der Waals surface area (Å²) in [5.41, 5.74) is 2.80. The van der Waals surface area contributed by atoms with E-state index in [0.717, 1.165) is 6.54 Å². The fraction of sp³-hybridized carbons (Fsp3) is 0.786. The zero-order valence-electron chi connectivity index (χ0n) is 11.4. The van der Waals surface area contributed by atoms with Crippen LogP contribution in [0.25, 0.3) is 0 Å². The van der Waals surface area contributed by atoms with Gasteiger partial charge in [0, 0.05) is 17.8 Å². The summed E-state index contributed by atoms with van der Waals surface area (Å²) in [5.74, 6) is 0.558. The molecule has 1 aliphatic carbocycles. The topological polar surface area (TPSA) is 29.9 Å². The van der Waals surface area contributed by atoms with Gasteiger partial charge in [-0.05, 0) is 25.8 Å². The number of hydrogen-bond acceptors (Lipinski definition) is 2. The minimum Gasteiger partial charge on any atom is -0.316 e. The Morgan fingerprint density at radius 2 is 2.06 bits per heavy atom. The number of nitrogens with zero attached hydrogens (tertiary/aromatic N) is 2. The van der Waals surface area contributed by atoms with Crippen LogP contribution in [-0.4, -0.2) is 16.8 Å². The van der Waals surface area contributed by atoms with E-state index in [1.165, 1.54) is 43.4 Å². The van der Waals surface area contributed by atoms with E-state index in [1.54, 1.807) is 0 Å². The number of hydrogen-bond donors (Lipinski definition) is 1. The van der Waals surface area contributed by atoms with Crippen molar-refractivity contribution in [1.29, 1.82) is 0 Å². The molecule has 0 unspecified atom stereocenters. The standard InChI is InChI=1S/C14H25N3/c1-11(2)14-12(9-15-3)10-16-17(14)13-7-5-4-6-8-13/h10-11,13,15H,4-9H2,1-3H3. The predicted molar refractivity (Wildman–Crippen MR) is 71.2 cm³/mol. The molecule has 0 saturated heterocycles. The summed E-state index contributed by atoms with van der Waals surface area (Å²) in [6, 6.07) is 0.645. The van der Waals surface area contributed by atoms with Crippen LogP contribution in [0.2, 0.25) is 0 Å². The van der Waals surface area contributed by atoms with Crippen LogP contribution < -0.4 is 5.32 Å². The van der Waals surface area contributed by atoms with E-state index < -0.39 is 0 Å². The van der Waals surface area contributed by atoms with Crippen molar-refractivity contribution < 1.29 is 0 Å². The Hall–Kier alpha value is -0.830. The average molecular weight is 235 g/mol. The lowest BCUT2D eigenvalue weighted by Crippen LogP contribution is -2.18. The van der Waals surface area contributed by atoms with Gasteiger partial charge in [-0.3, -0.25) is 4.68 Å². The highest BCUT2D eigenvalue weighted by atomic mass is 15.3. The summed E-state index contributed by atoms with van der Waals surface area (Å²) < 4.78 is 2.32. The summed E-state index contributed by atoms with van der Waals surface area (Å²) in [7, 11) is 2.00. The minimum atomic E-state index is 0.558. The molecule has 1 aliphatic rings. The fourth-order valence-corrected chi connectivity index (χ4v) is 2.99. The third kappa shape index (κ3) is 2.71. The minimum absolute atomic E-state index is 0.558. The molecule has 17 heavy (non-hydrogen) atoms. The molecule has 1 saturated carbocycles. The lowest BCUT2D eigenvalue weighted by atomic mass is 9.94. The molecule has 3 heteroatoms. The highest BCUT2D eigenvalue weighted by Gasteiger charge is 2.21. The van der Waals surface area contributed by atoms with Crippen molar-refractivity contribution in [1.82, 2.24) is 15.1 Å². The van der Waals surface area contributed by atoms with Gasteiger partial charge in [0.25, 0.3) is 0 Å². The highest BCUT2D eigenvalue weighted by Crippen LogP contribution is 2.31. The molecular weight excluding hydrogens is 210 g/mol. The van der Waals surface area contributed by atoms with Gasteiger partial charge in [-0.2, -0.15) is 5.10 Å². The summed E-state index contributed by atoms with van der Waals surface area (Å²) in [6.07, 6.45) is 8.80. The van der Waals surface area contributed by atoms with Gasteiger partial charge in [-0.15, -0.1) is 0 Å². The molecule has 3 nitrogen and oxygen atoms in total. The maximum Gasteiger partial charge on any atom is 0.0537 e. The summed E-state index contributed by atoms with van der Waals surface area (Å²) in [5, 5.41) is 7.90. The first-order valence-electron chi connectivity index (χ1n) is 6.95.